The van der Waals surface area contributed by atoms with Gasteiger partial charge < -0.3 is 9.64 Å². The molecule has 0 spiro atoms. The first-order valence-corrected chi connectivity index (χ1v) is 9.42. The molecule has 20 heavy (non-hydrogen) atoms. The fourth-order valence-electron chi connectivity index (χ4n) is 3.91. The van der Waals surface area contributed by atoms with Crippen LogP contribution in [0.3, 0.4) is 0 Å². The number of nitrogens with zero attached hydrogens (tertiary/aromatic N) is 1. The van der Waals surface area contributed by atoms with E-state index in [1.807, 2.05) is 11.8 Å². The van der Waals surface area contributed by atoms with E-state index >= 15 is 0 Å². The van der Waals surface area contributed by atoms with Crippen molar-refractivity contribution in [3.05, 3.63) is 0 Å². The number of hydrogen-bond acceptors (Lipinski definition) is 3. The molecule has 0 aromatic carbocycles. The minimum absolute atomic E-state index is 0.320. The topological polar surface area (TPSA) is 29.5 Å². The summed E-state index contributed by atoms with van der Waals surface area (Å²) in [5.41, 5.74) is 0. The smallest absolute Gasteiger partial charge is 0.232 e. The molecule has 0 bridgehead atoms. The van der Waals surface area contributed by atoms with Crippen molar-refractivity contribution in [1.82, 2.24) is 4.90 Å². The predicted octanol–water partition coefficient (Wildman–Crippen LogP) is 3.22. The summed E-state index contributed by atoms with van der Waals surface area (Å²) in [5, 5.41) is 0.732. The zero-order valence-corrected chi connectivity index (χ0v) is 13.2. The first-order valence-electron chi connectivity index (χ1n) is 8.37. The van der Waals surface area contributed by atoms with Crippen LogP contribution in [0.4, 0.5) is 0 Å². The molecule has 2 aliphatic carbocycles. The number of thioether (sulfide) groups is 1. The number of hydrogen-bond donors (Lipinski definition) is 0. The molecule has 0 aromatic rings. The molecule has 1 aliphatic heterocycles. The summed E-state index contributed by atoms with van der Waals surface area (Å²) < 4.78 is 5.86. The van der Waals surface area contributed by atoms with Crippen molar-refractivity contribution < 1.29 is 9.53 Å². The van der Waals surface area contributed by atoms with Gasteiger partial charge in [-0.15, -0.1) is 11.8 Å². The highest BCUT2D eigenvalue weighted by Gasteiger charge is 2.36. The second-order valence-corrected chi connectivity index (χ2v) is 7.71. The summed E-state index contributed by atoms with van der Waals surface area (Å²) in [6.45, 7) is 1.55. The van der Waals surface area contributed by atoms with Gasteiger partial charge in [-0.25, -0.2) is 0 Å². The molecule has 3 nitrogen and oxygen atoms in total. The van der Waals surface area contributed by atoms with Crippen LogP contribution in [-0.4, -0.2) is 47.1 Å². The number of carbonyl (C=O) groups excluding carboxylic acids is 1. The van der Waals surface area contributed by atoms with Gasteiger partial charge in [-0.3, -0.25) is 4.79 Å². The van der Waals surface area contributed by atoms with Crippen molar-refractivity contribution in [2.75, 3.05) is 18.9 Å². The lowest BCUT2D eigenvalue weighted by atomic mass is 9.90. The standard InChI is InChI=1S/C16H27NO2S/c18-16(12-20-13-6-2-1-3-7-13)17-10-11-19-15-9-5-4-8-14(15)17/h13-15H,1-12H2/t14-,15-/m1/s1. The lowest BCUT2D eigenvalue weighted by Gasteiger charge is -2.44. The van der Waals surface area contributed by atoms with Gasteiger partial charge in [0.25, 0.3) is 0 Å². The highest BCUT2D eigenvalue weighted by molar-refractivity contribution is 8.00. The maximum Gasteiger partial charge on any atom is 0.232 e. The summed E-state index contributed by atoms with van der Waals surface area (Å²) in [4.78, 5) is 14.7. The van der Waals surface area contributed by atoms with Gasteiger partial charge in [-0.2, -0.15) is 0 Å². The third-order valence-electron chi connectivity index (χ3n) is 5.05. The first kappa shape index (κ1) is 14.7. The second-order valence-electron chi connectivity index (χ2n) is 6.42. The summed E-state index contributed by atoms with van der Waals surface area (Å²) in [7, 11) is 0. The number of carbonyl (C=O) groups is 1. The predicted molar refractivity (Wildman–Crippen MR) is 83.0 cm³/mol. The molecule has 0 N–H and O–H groups in total. The van der Waals surface area contributed by atoms with Crippen LogP contribution in [0.15, 0.2) is 0 Å². The van der Waals surface area contributed by atoms with E-state index in [9.17, 15) is 4.79 Å². The lowest BCUT2D eigenvalue weighted by molar-refractivity contribution is -0.146. The van der Waals surface area contributed by atoms with E-state index in [1.54, 1.807) is 0 Å². The van der Waals surface area contributed by atoms with Crippen molar-refractivity contribution >= 4 is 17.7 Å². The normalized spacial score (nSPS) is 31.9. The number of morpholine rings is 1. The van der Waals surface area contributed by atoms with Gasteiger partial charge in [-0.05, 0) is 25.7 Å². The molecule has 0 aromatic heterocycles. The van der Waals surface area contributed by atoms with Gasteiger partial charge in [0.2, 0.25) is 5.91 Å². The van der Waals surface area contributed by atoms with Gasteiger partial charge in [0.15, 0.2) is 0 Å². The van der Waals surface area contributed by atoms with E-state index in [2.05, 4.69) is 4.90 Å². The summed E-state index contributed by atoms with van der Waals surface area (Å²) in [5.74, 6) is 1.05. The molecule has 1 saturated heterocycles. The highest BCUT2D eigenvalue weighted by atomic mass is 32.2. The third kappa shape index (κ3) is 3.51. The minimum atomic E-state index is 0.320. The molecule has 3 fully saturated rings. The average Bonchev–Trinajstić information content (AvgIpc) is 2.53. The van der Waals surface area contributed by atoms with E-state index < -0.39 is 0 Å². The van der Waals surface area contributed by atoms with Crippen LogP contribution in [0, 0.1) is 0 Å². The Labute approximate surface area is 126 Å². The fourth-order valence-corrected chi connectivity index (χ4v) is 5.12. The van der Waals surface area contributed by atoms with Crippen LogP contribution in [0.5, 0.6) is 0 Å². The van der Waals surface area contributed by atoms with Crippen LogP contribution in [0.1, 0.15) is 57.8 Å². The Balaban J connectivity index is 1.50. The molecule has 2 atom stereocenters. The van der Waals surface area contributed by atoms with Crippen molar-refractivity contribution in [1.29, 1.82) is 0 Å². The van der Waals surface area contributed by atoms with Crippen LogP contribution in [0.2, 0.25) is 0 Å². The van der Waals surface area contributed by atoms with E-state index in [-0.39, 0.29) is 0 Å². The Bertz CT molecular complexity index is 328. The number of amides is 1. The van der Waals surface area contributed by atoms with Gasteiger partial charge in [0.05, 0.1) is 24.5 Å². The average molecular weight is 297 g/mol. The molecular weight excluding hydrogens is 270 g/mol. The van der Waals surface area contributed by atoms with E-state index in [0.29, 0.717) is 23.8 Å². The second kappa shape index (κ2) is 7.17. The van der Waals surface area contributed by atoms with E-state index in [4.69, 9.17) is 4.74 Å². The Kier molecular flexibility index (Phi) is 5.27. The fraction of sp³-hybridized carbons (Fsp3) is 0.938. The molecule has 1 amide bonds. The van der Waals surface area contributed by atoms with E-state index in [0.717, 1.165) is 31.2 Å². The van der Waals surface area contributed by atoms with Gasteiger partial charge in [0, 0.05) is 11.8 Å². The minimum Gasteiger partial charge on any atom is -0.374 e. The number of rotatable bonds is 3. The lowest BCUT2D eigenvalue weighted by Crippen LogP contribution is -2.55. The van der Waals surface area contributed by atoms with Crippen molar-refractivity contribution in [3.63, 3.8) is 0 Å². The SMILES string of the molecule is O=C(CSC1CCCCC1)N1CCO[C@@H]2CCCC[C@H]21. The van der Waals surface area contributed by atoms with Crippen molar-refractivity contribution in [2.45, 2.75) is 75.2 Å². The van der Waals surface area contributed by atoms with Crippen LogP contribution < -0.4 is 0 Å². The van der Waals surface area contributed by atoms with Gasteiger partial charge in [0.1, 0.15) is 0 Å². The molecule has 3 aliphatic rings. The quantitative estimate of drug-likeness (QED) is 0.801. The molecule has 0 unspecified atom stereocenters. The van der Waals surface area contributed by atoms with Crippen LogP contribution in [0.25, 0.3) is 0 Å². The highest BCUT2D eigenvalue weighted by Crippen LogP contribution is 2.31. The number of ether oxygens (including phenoxy) is 1. The Morgan fingerprint density at radius 2 is 1.80 bits per heavy atom. The van der Waals surface area contributed by atoms with Crippen LogP contribution in [-0.2, 0) is 9.53 Å². The summed E-state index contributed by atoms with van der Waals surface area (Å²) in [6, 6.07) is 0.372. The summed E-state index contributed by atoms with van der Waals surface area (Å²) in [6.07, 6.45) is 11.8. The maximum atomic E-state index is 12.5. The molecule has 2 saturated carbocycles. The van der Waals surface area contributed by atoms with E-state index in [1.165, 1.54) is 44.9 Å². The summed E-state index contributed by atoms with van der Waals surface area (Å²) >= 11 is 1.91. The van der Waals surface area contributed by atoms with Crippen LogP contribution >= 0.6 is 11.8 Å². The molecule has 4 heteroatoms. The van der Waals surface area contributed by atoms with Crippen molar-refractivity contribution in [3.8, 4) is 0 Å². The largest absolute Gasteiger partial charge is 0.374 e. The molecule has 0 radical (unpaired) electrons. The molecule has 3 rings (SSSR count). The zero-order valence-electron chi connectivity index (χ0n) is 12.4. The third-order valence-corrected chi connectivity index (χ3v) is 6.40. The Morgan fingerprint density at radius 1 is 1.05 bits per heavy atom. The van der Waals surface area contributed by atoms with Crippen molar-refractivity contribution in [2.24, 2.45) is 0 Å². The maximum absolute atomic E-state index is 12.5. The molecular formula is C16H27NO2S. The first-order chi connectivity index (χ1) is 9.84. The van der Waals surface area contributed by atoms with Gasteiger partial charge in [-0.1, -0.05) is 32.1 Å². The monoisotopic (exact) mass is 297 g/mol. The molecule has 1 heterocycles. The van der Waals surface area contributed by atoms with Gasteiger partial charge >= 0.3 is 0 Å². The zero-order chi connectivity index (χ0) is 13.8. The Morgan fingerprint density at radius 3 is 2.65 bits per heavy atom. The Hall–Kier alpha value is -0.220. The molecule has 114 valence electrons. The number of fused-ring (bicyclic) bond motifs is 1.